The molecule has 1 heterocycles. The van der Waals surface area contributed by atoms with Crippen molar-refractivity contribution >= 4 is 5.97 Å². The molecular formula is C19H20O3. The number of carbonyl (C=O) groups is 1. The Balaban J connectivity index is 2.11. The van der Waals surface area contributed by atoms with E-state index in [2.05, 4.69) is 45.0 Å². The van der Waals surface area contributed by atoms with Crippen molar-refractivity contribution in [2.75, 3.05) is 7.11 Å². The molecule has 114 valence electrons. The Kier molecular flexibility index (Phi) is 3.44. The number of aryl methyl sites for hydroxylation is 1. The van der Waals surface area contributed by atoms with Gasteiger partial charge in [0, 0.05) is 5.56 Å². The molecule has 3 nitrogen and oxygen atoms in total. The fourth-order valence-electron chi connectivity index (χ4n) is 3.17. The zero-order valence-electron chi connectivity index (χ0n) is 13.3. The number of carbonyl (C=O) groups excluding carboxylic acids is 1. The summed E-state index contributed by atoms with van der Waals surface area (Å²) < 4.78 is 10.9. The van der Waals surface area contributed by atoms with Crippen molar-refractivity contribution in [2.45, 2.75) is 32.3 Å². The average molecular weight is 296 g/mol. The summed E-state index contributed by atoms with van der Waals surface area (Å²) in [7, 11) is 1.40. The van der Waals surface area contributed by atoms with Crippen LogP contribution in [0.25, 0.3) is 0 Å². The largest absolute Gasteiger partial charge is 0.487 e. The number of methoxy groups -OCH3 is 1. The van der Waals surface area contributed by atoms with Gasteiger partial charge in [0.25, 0.3) is 0 Å². The summed E-state index contributed by atoms with van der Waals surface area (Å²) in [5.41, 5.74) is 3.66. The predicted molar refractivity (Wildman–Crippen MR) is 85.5 cm³/mol. The topological polar surface area (TPSA) is 35.5 Å². The zero-order valence-corrected chi connectivity index (χ0v) is 13.3. The minimum atomic E-state index is -0.355. The van der Waals surface area contributed by atoms with Gasteiger partial charge < -0.3 is 9.47 Å². The highest BCUT2D eigenvalue weighted by atomic mass is 16.5. The van der Waals surface area contributed by atoms with Gasteiger partial charge in [-0.15, -0.1) is 0 Å². The van der Waals surface area contributed by atoms with Gasteiger partial charge in [-0.3, -0.25) is 0 Å². The second-order valence-electron chi connectivity index (χ2n) is 6.29. The number of fused-ring (bicyclic) bond motifs is 1. The van der Waals surface area contributed by atoms with E-state index in [4.69, 9.17) is 9.47 Å². The van der Waals surface area contributed by atoms with Crippen LogP contribution in [0.3, 0.4) is 0 Å². The Hall–Kier alpha value is -2.29. The van der Waals surface area contributed by atoms with Crippen LogP contribution in [-0.4, -0.2) is 18.7 Å². The maximum Gasteiger partial charge on any atom is 0.337 e. The number of rotatable bonds is 2. The standard InChI is InChI=1S/C19H20O3/c1-12-5-7-13(8-6-12)17-15-11-14(18(20)21-4)9-10-16(15)22-19(17,2)3/h5-11,17H,1-4H3. The van der Waals surface area contributed by atoms with E-state index in [0.717, 1.165) is 11.3 Å². The molecule has 0 N–H and O–H groups in total. The van der Waals surface area contributed by atoms with Crippen molar-refractivity contribution in [1.82, 2.24) is 0 Å². The molecule has 0 amide bonds. The van der Waals surface area contributed by atoms with Gasteiger partial charge in [-0.05, 0) is 44.5 Å². The monoisotopic (exact) mass is 296 g/mol. The summed E-state index contributed by atoms with van der Waals surface area (Å²) in [4.78, 5) is 11.8. The van der Waals surface area contributed by atoms with Crippen LogP contribution < -0.4 is 4.74 Å². The van der Waals surface area contributed by atoms with Crippen LogP contribution >= 0.6 is 0 Å². The Morgan fingerprint density at radius 3 is 2.45 bits per heavy atom. The molecule has 0 bridgehead atoms. The smallest absolute Gasteiger partial charge is 0.337 e. The summed E-state index contributed by atoms with van der Waals surface area (Å²) in [6.07, 6.45) is 0. The fourth-order valence-corrected chi connectivity index (χ4v) is 3.17. The number of benzene rings is 2. The van der Waals surface area contributed by atoms with Gasteiger partial charge in [0.05, 0.1) is 18.6 Å². The summed E-state index contributed by atoms with van der Waals surface area (Å²) in [5, 5.41) is 0. The van der Waals surface area contributed by atoms with E-state index in [-0.39, 0.29) is 17.5 Å². The maximum atomic E-state index is 11.8. The number of esters is 1. The van der Waals surface area contributed by atoms with Gasteiger partial charge in [0.2, 0.25) is 0 Å². The Morgan fingerprint density at radius 2 is 1.82 bits per heavy atom. The predicted octanol–water partition coefficient (Wildman–Crippen LogP) is 4.08. The lowest BCUT2D eigenvalue weighted by Crippen LogP contribution is -2.30. The van der Waals surface area contributed by atoms with Crippen molar-refractivity contribution < 1.29 is 14.3 Å². The van der Waals surface area contributed by atoms with Crippen molar-refractivity contribution in [2.24, 2.45) is 0 Å². The molecule has 0 radical (unpaired) electrons. The maximum absolute atomic E-state index is 11.8. The molecule has 1 aliphatic heterocycles. The summed E-state index contributed by atoms with van der Waals surface area (Å²) in [6, 6.07) is 14.0. The third-order valence-corrected chi connectivity index (χ3v) is 4.22. The van der Waals surface area contributed by atoms with E-state index in [1.165, 1.54) is 18.2 Å². The molecule has 0 saturated heterocycles. The average Bonchev–Trinajstić information content (AvgIpc) is 2.76. The van der Waals surface area contributed by atoms with E-state index in [0.29, 0.717) is 5.56 Å². The normalized spacial score (nSPS) is 18.5. The first kappa shape index (κ1) is 14.6. The van der Waals surface area contributed by atoms with Gasteiger partial charge in [0.1, 0.15) is 11.4 Å². The third kappa shape index (κ3) is 2.37. The van der Waals surface area contributed by atoms with Crippen LogP contribution in [0.15, 0.2) is 42.5 Å². The molecule has 0 saturated carbocycles. The Morgan fingerprint density at radius 1 is 1.14 bits per heavy atom. The highest BCUT2D eigenvalue weighted by Crippen LogP contribution is 2.48. The van der Waals surface area contributed by atoms with E-state index in [1.54, 1.807) is 6.07 Å². The van der Waals surface area contributed by atoms with Crippen molar-refractivity contribution in [3.63, 3.8) is 0 Å². The van der Waals surface area contributed by atoms with E-state index < -0.39 is 0 Å². The first-order valence-electron chi connectivity index (χ1n) is 7.40. The van der Waals surface area contributed by atoms with Gasteiger partial charge in [-0.25, -0.2) is 4.79 Å². The minimum Gasteiger partial charge on any atom is -0.487 e. The van der Waals surface area contributed by atoms with Crippen molar-refractivity contribution in [3.8, 4) is 5.75 Å². The molecule has 0 aliphatic carbocycles. The second kappa shape index (κ2) is 5.16. The minimum absolute atomic E-state index is 0.0905. The lowest BCUT2D eigenvalue weighted by atomic mass is 9.81. The molecule has 1 unspecified atom stereocenters. The molecule has 1 aliphatic rings. The first-order chi connectivity index (χ1) is 10.4. The van der Waals surface area contributed by atoms with Crippen LogP contribution in [0.5, 0.6) is 5.75 Å². The Bertz CT molecular complexity index is 714. The zero-order chi connectivity index (χ0) is 15.9. The highest BCUT2D eigenvalue weighted by Gasteiger charge is 2.42. The van der Waals surface area contributed by atoms with Gasteiger partial charge in [-0.1, -0.05) is 29.8 Å². The molecule has 1 atom stereocenters. The van der Waals surface area contributed by atoms with E-state index in [1.807, 2.05) is 12.1 Å². The molecule has 0 spiro atoms. The van der Waals surface area contributed by atoms with Gasteiger partial charge in [-0.2, -0.15) is 0 Å². The molecule has 22 heavy (non-hydrogen) atoms. The first-order valence-corrected chi connectivity index (χ1v) is 7.40. The SMILES string of the molecule is COC(=O)c1ccc2c(c1)C(c1ccc(C)cc1)C(C)(C)O2. The van der Waals surface area contributed by atoms with Crippen LogP contribution in [0.1, 0.15) is 46.8 Å². The fraction of sp³-hybridized carbons (Fsp3) is 0.316. The Labute approximate surface area is 130 Å². The molecular weight excluding hydrogens is 276 g/mol. The van der Waals surface area contributed by atoms with Crippen molar-refractivity contribution in [3.05, 3.63) is 64.7 Å². The number of hydrogen-bond donors (Lipinski definition) is 0. The second-order valence-corrected chi connectivity index (χ2v) is 6.29. The summed E-state index contributed by atoms with van der Waals surface area (Å²) in [5.74, 6) is 0.603. The summed E-state index contributed by atoms with van der Waals surface area (Å²) in [6.45, 7) is 6.23. The lowest BCUT2D eigenvalue weighted by molar-refractivity contribution is 0.0600. The highest BCUT2D eigenvalue weighted by molar-refractivity contribution is 5.90. The quantitative estimate of drug-likeness (QED) is 0.783. The van der Waals surface area contributed by atoms with E-state index >= 15 is 0 Å². The number of ether oxygens (including phenoxy) is 2. The van der Waals surface area contributed by atoms with Crippen LogP contribution in [-0.2, 0) is 4.74 Å². The van der Waals surface area contributed by atoms with Gasteiger partial charge in [0.15, 0.2) is 0 Å². The molecule has 0 fully saturated rings. The van der Waals surface area contributed by atoms with Crippen LogP contribution in [0.4, 0.5) is 0 Å². The molecule has 0 aromatic heterocycles. The molecule has 3 rings (SSSR count). The van der Waals surface area contributed by atoms with Crippen LogP contribution in [0.2, 0.25) is 0 Å². The third-order valence-electron chi connectivity index (χ3n) is 4.22. The number of hydrogen-bond acceptors (Lipinski definition) is 3. The molecule has 2 aromatic carbocycles. The van der Waals surface area contributed by atoms with Crippen molar-refractivity contribution in [1.29, 1.82) is 0 Å². The van der Waals surface area contributed by atoms with Gasteiger partial charge >= 0.3 is 5.97 Å². The summed E-state index contributed by atoms with van der Waals surface area (Å²) >= 11 is 0. The molecule has 3 heteroatoms. The van der Waals surface area contributed by atoms with Crippen LogP contribution in [0, 0.1) is 6.92 Å². The lowest BCUT2D eigenvalue weighted by Gasteiger charge is -2.27. The van der Waals surface area contributed by atoms with E-state index in [9.17, 15) is 4.79 Å². The molecule has 2 aromatic rings.